The maximum Gasteiger partial charge on any atom is 0.262 e. The zero-order valence-electron chi connectivity index (χ0n) is 12.4. The van der Waals surface area contributed by atoms with Crippen molar-refractivity contribution in [3.63, 3.8) is 0 Å². The van der Waals surface area contributed by atoms with Gasteiger partial charge in [0.1, 0.15) is 11.5 Å². The summed E-state index contributed by atoms with van der Waals surface area (Å²) in [7, 11) is -3.71. The highest BCUT2D eigenvalue weighted by atomic mass is 32.2. The van der Waals surface area contributed by atoms with E-state index in [0.717, 1.165) is 0 Å². The molecule has 0 saturated carbocycles. The van der Waals surface area contributed by atoms with E-state index in [1.165, 1.54) is 12.1 Å². The Kier molecular flexibility index (Phi) is 3.04. The zero-order valence-corrected chi connectivity index (χ0v) is 13.2. The van der Waals surface area contributed by atoms with Gasteiger partial charge in [0.15, 0.2) is 0 Å². The lowest BCUT2D eigenvalue weighted by atomic mass is 10.0. The minimum absolute atomic E-state index is 0.0214. The number of hydrogen-bond donors (Lipinski definition) is 3. The first-order valence-electron chi connectivity index (χ1n) is 7.25. The van der Waals surface area contributed by atoms with Gasteiger partial charge >= 0.3 is 0 Å². The summed E-state index contributed by atoms with van der Waals surface area (Å²) >= 11 is 0. The summed E-state index contributed by atoms with van der Waals surface area (Å²) in [5.74, 6) is -0.0950. The molecular weight excluding hydrogens is 326 g/mol. The van der Waals surface area contributed by atoms with Gasteiger partial charge in [0, 0.05) is 21.9 Å². The zero-order chi connectivity index (χ0) is 16.9. The highest BCUT2D eigenvalue weighted by Gasteiger charge is 2.30. The van der Waals surface area contributed by atoms with Crippen LogP contribution in [-0.4, -0.2) is 18.6 Å². The van der Waals surface area contributed by atoms with Crippen LogP contribution in [0.5, 0.6) is 11.5 Å². The third-order valence-electron chi connectivity index (χ3n) is 4.04. The van der Waals surface area contributed by atoms with Crippen molar-refractivity contribution in [1.82, 2.24) is 0 Å². The number of aromatic hydroxyl groups is 2. The smallest absolute Gasteiger partial charge is 0.262 e. The summed E-state index contributed by atoms with van der Waals surface area (Å²) in [6.07, 6.45) is 1.37. The maximum atomic E-state index is 12.4. The van der Waals surface area contributed by atoms with Gasteiger partial charge in [-0.05, 0) is 18.2 Å². The molecule has 6 heteroatoms. The minimum Gasteiger partial charge on any atom is -0.507 e. The number of fused-ring (bicyclic) bond motifs is 2. The molecule has 1 aliphatic rings. The third-order valence-corrected chi connectivity index (χ3v) is 5.44. The molecule has 0 aromatic heterocycles. The first kappa shape index (κ1) is 14.6. The van der Waals surface area contributed by atoms with E-state index in [1.54, 1.807) is 48.5 Å². The van der Waals surface area contributed by atoms with Gasteiger partial charge in [0.05, 0.1) is 10.6 Å². The van der Waals surface area contributed by atoms with Crippen molar-refractivity contribution in [3.05, 3.63) is 65.7 Å². The highest BCUT2D eigenvalue weighted by molar-refractivity contribution is 8.02. The van der Waals surface area contributed by atoms with Crippen LogP contribution in [0.1, 0.15) is 11.1 Å². The SMILES string of the molecule is O=S1(=O)Nc2ccccc2C1=Cc1cc(O)c2ccccc2c1O. The van der Waals surface area contributed by atoms with Gasteiger partial charge < -0.3 is 10.2 Å². The van der Waals surface area contributed by atoms with Gasteiger partial charge in [0.25, 0.3) is 10.0 Å². The van der Waals surface area contributed by atoms with Gasteiger partial charge in [0.2, 0.25) is 0 Å². The lowest BCUT2D eigenvalue weighted by Crippen LogP contribution is -2.05. The van der Waals surface area contributed by atoms with E-state index in [1.807, 2.05) is 0 Å². The minimum atomic E-state index is -3.71. The van der Waals surface area contributed by atoms with Crippen LogP contribution in [0.15, 0.2) is 54.6 Å². The van der Waals surface area contributed by atoms with Crippen LogP contribution in [0.2, 0.25) is 0 Å². The number of hydrogen-bond acceptors (Lipinski definition) is 4. The predicted molar refractivity (Wildman–Crippen MR) is 94.1 cm³/mol. The second-order valence-electron chi connectivity index (χ2n) is 5.54. The number of para-hydroxylation sites is 1. The van der Waals surface area contributed by atoms with Crippen LogP contribution in [0.4, 0.5) is 5.69 Å². The molecule has 3 aromatic carbocycles. The van der Waals surface area contributed by atoms with Crippen molar-refractivity contribution in [2.75, 3.05) is 4.72 Å². The van der Waals surface area contributed by atoms with Gasteiger partial charge in [-0.25, -0.2) is 8.42 Å². The third kappa shape index (κ3) is 2.11. The van der Waals surface area contributed by atoms with Crippen molar-refractivity contribution < 1.29 is 18.6 Å². The lowest BCUT2D eigenvalue weighted by molar-refractivity contribution is 0.468. The van der Waals surface area contributed by atoms with Gasteiger partial charge in [-0.15, -0.1) is 0 Å². The fourth-order valence-electron chi connectivity index (χ4n) is 2.90. The lowest BCUT2D eigenvalue weighted by Gasteiger charge is -2.08. The first-order valence-corrected chi connectivity index (χ1v) is 8.73. The summed E-state index contributed by atoms with van der Waals surface area (Å²) in [6.45, 7) is 0. The number of anilines is 1. The first-order chi connectivity index (χ1) is 11.5. The monoisotopic (exact) mass is 339 g/mol. The largest absolute Gasteiger partial charge is 0.507 e. The summed E-state index contributed by atoms with van der Waals surface area (Å²) in [5, 5.41) is 21.6. The molecule has 5 nitrogen and oxygen atoms in total. The van der Waals surface area contributed by atoms with E-state index in [0.29, 0.717) is 22.0 Å². The molecule has 24 heavy (non-hydrogen) atoms. The van der Waals surface area contributed by atoms with Gasteiger partial charge in [-0.3, -0.25) is 4.72 Å². The number of rotatable bonds is 1. The molecule has 0 saturated heterocycles. The van der Waals surface area contributed by atoms with Gasteiger partial charge in [-0.2, -0.15) is 0 Å². The highest BCUT2D eigenvalue weighted by Crippen LogP contribution is 2.41. The Morgan fingerprint density at radius 3 is 2.38 bits per heavy atom. The number of sulfonamides is 1. The summed E-state index contributed by atoms with van der Waals surface area (Å²) in [5.41, 5.74) is 1.26. The van der Waals surface area contributed by atoms with Crippen molar-refractivity contribution >= 4 is 37.5 Å². The Morgan fingerprint density at radius 2 is 1.58 bits per heavy atom. The topological polar surface area (TPSA) is 86.6 Å². The van der Waals surface area contributed by atoms with E-state index in [4.69, 9.17) is 0 Å². The molecule has 0 spiro atoms. The van der Waals surface area contributed by atoms with Gasteiger partial charge in [-0.1, -0.05) is 42.5 Å². The average molecular weight is 339 g/mol. The van der Waals surface area contributed by atoms with Crippen LogP contribution in [-0.2, 0) is 10.0 Å². The molecule has 0 bridgehead atoms. The molecule has 4 rings (SSSR count). The number of benzene rings is 3. The average Bonchev–Trinajstić information content (AvgIpc) is 2.82. The Hall–Kier alpha value is -2.99. The summed E-state index contributed by atoms with van der Waals surface area (Å²) in [6, 6.07) is 15.1. The van der Waals surface area contributed by atoms with Crippen molar-refractivity contribution in [2.45, 2.75) is 0 Å². The van der Waals surface area contributed by atoms with Crippen LogP contribution in [0.25, 0.3) is 21.8 Å². The summed E-state index contributed by atoms with van der Waals surface area (Å²) in [4.78, 5) is 0.0584. The number of phenolic OH excluding ortho intramolecular Hbond substituents is 2. The summed E-state index contributed by atoms with van der Waals surface area (Å²) < 4.78 is 27.2. The quantitative estimate of drug-likeness (QED) is 0.592. The van der Waals surface area contributed by atoms with Crippen LogP contribution in [0.3, 0.4) is 0 Å². The van der Waals surface area contributed by atoms with Crippen molar-refractivity contribution in [2.24, 2.45) is 0 Å². The number of nitrogens with one attached hydrogen (secondary N) is 1. The molecule has 1 heterocycles. The standard InChI is InChI=1S/C18H13NO4S/c20-16-9-11(18(21)13-6-2-1-5-12(13)16)10-17-14-7-3-4-8-15(14)19-24(17,22)23/h1-10,19-21H. The Bertz CT molecular complexity index is 1120. The molecule has 0 amide bonds. The molecule has 0 fully saturated rings. The number of phenols is 2. The second kappa shape index (κ2) is 5.01. The van der Waals surface area contributed by atoms with E-state index in [-0.39, 0.29) is 22.0 Å². The van der Waals surface area contributed by atoms with Crippen molar-refractivity contribution in [3.8, 4) is 11.5 Å². The van der Waals surface area contributed by atoms with E-state index >= 15 is 0 Å². The molecule has 0 radical (unpaired) electrons. The molecule has 3 N–H and O–H groups in total. The van der Waals surface area contributed by atoms with E-state index in [9.17, 15) is 18.6 Å². The molecule has 3 aromatic rings. The Labute approximate surface area is 138 Å². The van der Waals surface area contributed by atoms with Crippen LogP contribution >= 0.6 is 0 Å². The molecule has 0 aliphatic carbocycles. The Balaban J connectivity index is 1.99. The predicted octanol–water partition coefficient (Wildman–Crippen LogP) is 3.50. The molecular formula is C18H13NO4S. The molecule has 120 valence electrons. The van der Waals surface area contributed by atoms with Crippen LogP contribution in [0, 0.1) is 0 Å². The van der Waals surface area contributed by atoms with E-state index in [2.05, 4.69) is 4.72 Å². The molecule has 0 unspecified atom stereocenters. The normalized spacial score (nSPS) is 16.9. The fourth-order valence-corrected chi connectivity index (χ4v) is 4.23. The maximum absolute atomic E-state index is 12.4. The second-order valence-corrected chi connectivity index (χ2v) is 7.19. The molecule has 1 aliphatic heterocycles. The fraction of sp³-hybridized carbons (Fsp3) is 0. The van der Waals surface area contributed by atoms with E-state index < -0.39 is 10.0 Å². The molecule has 0 atom stereocenters. The van der Waals surface area contributed by atoms with Crippen molar-refractivity contribution in [1.29, 1.82) is 0 Å². The Morgan fingerprint density at radius 1 is 0.917 bits per heavy atom. The van der Waals surface area contributed by atoms with Crippen LogP contribution < -0.4 is 4.72 Å².